The molecular formula is C25H32N4O3. The maximum absolute atomic E-state index is 12.7. The number of amides is 2. The molecule has 2 aliphatic rings. The van der Waals surface area contributed by atoms with Gasteiger partial charge in [-0.3, -0.25) is 0 Å². The van der Waals surface area contributed by atoms with E-state index in [0.29, 0.717) is 19.6 Å². The Labute approximate surface area is 190 Å². The molecule has 7 heteroatoms. The van der Waals surface area contributed by atoms with Crippen molar-refractivity contribution in [2.75, 3.05) is 33.3 Å². The maximum atomic E-state index is 12.7. The minimum atomic E-state index is -0.261. The van der Waals surface area contributed by atoms with Crippen molar-refractivity contribution in [1.29, 1.82) is 0 Å². The first-order chi connectivity index (χ1) is 15.2. The lowest BCUT2D eigenvalue weighted by molar-refractivity contribution is 0.191. The van der Waals surface area contributed by atoms with Crippen LogP contribution in [0.25, 0.3) is 0 Å². The van der Waals surface area contributed by atoms with Crippen molar-refractivity contribution >= 4 is 17.6 Å². The highest BCUT2D eigenvalue weighted by Crippen LogP contribution is 2.40. The van der Waals surface area contributed by atoms with E-state index in [0.717, 1.165) is 52.9 Å². The van der Waals surface area contributed by atoms with Crippen LogP contribution in [0.4, 0.5) is 10.5 Å². The van der Waals surface area contributed by atoms with E-state index >= 15 is 0 Å². The lowest BCUT2D eigenvalue weighted by atomic mass is 10.1. The molecule has 2 aromatic carbocycles. The maximum Gasteiger partial charge on any atom is 0.317 e. The van der Waals surface area contributed by atoms with Gasteiger partial charge in [0.15, 0.2) is 5.75 Å². The summed E-state index contributed by atoms with van der Waals surface area (Å²) in [4.78, 5) is 21.9. The number of nitrogens with zero attached hydrogens (tertiary/aromatic N) is 3. The standard InChI is InChI=1S/C25H32N4O3/c1-17-7-9-20-22(15-17)32-21-10-8-18(31-5)16-19(21)23(26-20)28-11-6-12-29(14-13-28)24(30)27-25(2,3)4/h7-10,15-16H,6,11-14H2,1-5H3,(H,27,30). The number of methoxy groups -OCH3 is 1. The quantitative estimate of drug-likeness (QED) is 0.704. The van der Waals surface area contributed by atoms with Gasteiger partial charge in [0.2, 0.25) is 0 Å². The Bertz CT molecular complexity index is 1040. The summed E-state index contributed by atoms with van der Waals surface area (Å²) in [6, 6.07) is 11.8. The predicted octanol–water partition coefficient (Wildman–Crippen LogP) is 4.70. The van der Waals surface area contributed by atoms with Gasteiger partial charge in [0.25, 0.3) is 0 Å². The van der Waals surface area contributed by atoms with Gasteiger partial charge in [-0.1, -0.05) is 6.07 Å². The lowest BCUT2D eigenvalue weighted by Crippen LogP contribution is -2.49. The normalized spacial score (nSPS) is 16.1. The first kappa shape index (κ1) is 22.0. The van der Waals surface area contributed by atoms with Crippen molar-refractivity contribution in [1.82, 2.24) is 15.1 Å². The lowest BCUT2D eigenvalue weighted by Gasteiger charge is -2.28. The second kappa shape index (κ2) is 8.73. The molecule has 2 aliphatic heterocycles. The van der Waals surface area contributed by atoms with E-state index in [-0.39, 0.29) is 11.6 Å². The van der Waals surface area contributed by atoms with Gasteiger partial charge in [-0.2, -0.15) is 0 Å². The minimum absolute atomic E-state index is 0.0200. The Balaban J connectivity index is 1.66. The average molecular weight is 437 g/mol. The third-order valence-electron chi connectivity index (χ3n) is 5.55. The van der Waals surface area contributed by atoms with Crippen LogP contribution in [0.1, 0.15) is 38.3 Å². The number of urea groups is 1. The molecular weight excluding hydrogens is 404 g/mol. The Hall–Kier alpha value is -3.22. The van der Waals surface area contributed by atoms with Crippen LogP contribution in [-0.2, 0) is 0 Å². The number of fused-ring (bicyclic) bond motifs is 2. The van der Waals surface area contributed by atoms with Gasteiger partial charge in [0, 0.05) is 31.7 Å². The van der Waals surface area contributed by atoms with Crippen LogP contribution < -0.4 is 14.8 Å². The zero-order valence-electron chi connectivity index (χ0n) is 19.6. The summed E-state index contributed by atoms with van der Waals surface area (Å²) in [6.45, 7) is 10.9. The fraction of sp³-hybridized carbons (Fsp3) is 0.440. The molecule has 170 valence electrons. The van der Waals surface area contributed by atoms with Crippen LogP contribution in [0.5, 0.6) is 17.2 Å². The summed E-state index contributed by atoms with van der Waals surface area (Å²) in [6.07, 6.45) is 0.859. The van der Waals surface area contributed by atoms with Crippen molar-refractivity contribution in [3.8, 4) is 17.2 Å². The van der Waals surface area contributed by atoms with E-state index < -0.39 is 0 Å². The molecule has 0 unspecified atom stereocenters. The van der Waals surface area contributed by atoms with Crippen LogP contribution in [0, 0.1) is 6.92 Å². The molecule has 0 spiro atoms. The second-order valence-corrected chi connectivity index (χ2v) is 9.38. The number of nitrogens with one attached hydrogen (secondary N) is 1. The average Bonchev–Trinajstić information content (AvgIpc) is 3.06. The van der Waals surface area contributed by atoms with Crippen molar-refractivity contribution in [2.24, 2.45) is 4.99 Å². The largest absolute Gasteiger partial charge is 0.497 e. The molecule has 0 atom stereocenters. The van der Waals surface area contributed by atoms with E-state index in [1.165, 1.54) is 0 Å². The first-order valence-corrected chi connectivity index (χ1v) is 11.1. The molecule has 1 saturated heterocycles. The molecule has 0 aromatic heterocycles. The van der Waals surface area contributed by atoms with Crippen molar-refractivity contribution < 1.29 is 14.3 Å². The molecule has 1 N–H and O–H groups in total. The Kier molecular flexibility index (Phi) is 6.00. The second-order valence-electron chi connectivity index (χ2n) is 9.38. The summed E-state index contributed by atoms with van der Waals surface area (Å²) < 4.78 is 11.8. The molecule has 0 radical (unpaired) electrons. The highest BCUT2D eigenvalue weighted by molar-refractivity contribution is 6.04. The highest BCUT2D eigenvalue weighted by atomic mass is 16.5. The SMILES string of the molecule is COc1ccc2c(c1)C(N1CCCN(C(=O)NC(C)(C)C)CC1)=Nc1ccc(C)cc1O2. The van der Waals surface area contributed by atoms with Gasteiger partial charge in [0.1, 0.15) is 23.0 Å². The molecule has 2 heterocycles. The van der Waals surface area contributed by atoms with Crippen LogP contribution in [-0.4, -0.2) is 60.5 Å². The van der Waals surface area contributed by atoms with E-state index in [1.54, 1.807) is 7.11 Å². The van der Waals surface area contributed by atoms with E-state index in [2.05, 4.69) is 10.2 Å². The van der Waals surface area contributed by atoms with Crippen molar-refractivity contribution in [3.63, 3.8) is 0 Å². The van der Waals surface area contributed by atoms with Crippen LogP contribution in [0.15, 0.2) is 41.4 Å². The minimum Gasteiger partial charge on any atom is -0.497 e. The van der Waals surface area contributed by atoms with Gasteiger partial charge in [-0.05, 0) is 70.0 Å². The number of carbonyl (C=O) groups is 1. The third-order valence-corrected chi connectivity index (χ3v) is 5.55. The van der Waals surface area contributed by atoms with Gasteiger partial charge in [0.05, 0.1) is 12.7 Å². The van der Waals surface area contributed by atoms with Crippen LogP contribution in [0.2, 0.25) is 0 Å². The van der Waals surface area contributed by atoms with Crippen LogP contribution in [0.3, 0.4) is 0 Å². The van der Waals surface area contributed by atoms with Crippen molar-refractivity contribution in [2.45, 2.75) is 39.7 Å². The Morgan fingerprint density at radius 3 is 2.62 bits per heavy atom. The summed E-state index contributed by atoms with van der Waals surface area (Å²) in [7, 11) is 1.66. The van der Waals surface area contributed by atoms with Gasteiger partial charge in [-0.15, -0.1) is 0 Å². The molecule has 1 fully saturated rings. The number of aliphatic imine (C=N–C) groups is 1. The summed E-state index contributed by atoms with van der Waals surface area (Å²) in [5.74, 6) is 3.09. The topological polar surface area (TPSA) is 66.4 Å². The smallest absolute Gasteiger partial charge is 0.317 e. The number of rotatable bonds is 1. The first-order valence-electron chi connectivity index (χ1n) is 11.1. The summed E-state index contributed by atoms with van der Waals surface area (Å²) >= 11 is 0. The highest BCUT2D eigenvalue weighted by Gasteiger charge is 2.27. The summed E-state index contributed by atoms with van der Waals surface area (Å²) in [5.41, 5.74) is 2.55. The molecule has 0 saturated carbocycles. The molecule has 4 rings (SSSR count). The van der Waals surface area contributed by atoms with Gasteiger partial charge < -0.3 is 24.6 Å². The Morgan fingerprint density at radius 2 is 1.88 bits per heavy atom. The van der Waals surface area contributed by atoms with Crippen LogP contribution >= 0.6 is 0 Å². The van der Waals surface area contributed by atoms with Gasteiger partial charge >= 0.3 is 6.03 Å². The Morgan fingerprint density at radius 1 is 1.06 bits per heavy atom. The predicted molar refractivity (Wildman–Crippen MR) is 126 cm³/mol. The molecule has 0 bridgehead atoms. The molecule has 32 heavy (non-hydrogen) atoms. The zero-order valence-corrected chi connectivity index (χ0v) is 19.6. The number of benzene rings is 2. The van der Waals surface area contributed by atoms with Gasteiger partial charge in [-0.25, -0.2) is 9.79 Å². The number of amidine groups is 1. The van der Waals surface area contributed by atoms with E-state index in [9.17, 15) is 4.79 Å². The molecule has 7 nitrogen and oxygen atoms in total. The molecule has 2 amide bonds. The third kappa shape index (κ3) is 4.82. The number of hydrogen-bond donors (Lipinski definition) is 1. The monoisotopic (exact) mass is 436 g/mol. The number of ether oxygens (including phenoxy) is 2. The fourth-order valence-corrected chi connectivity index (χ4v) is 3.96. The van der Waals surface area contributed by atoms with E-state index in [4.69, 9.17) is 14.5 Å². The fourth-order valence-electron chi connectivity index (χ4n) is 3.96. The molecule has 2 aromatic rings. The number of carbonyl (C=O) groups excluding carboxylic acids is 1. The molecule has 0 aliphatic carbocycles. The van der Waals surface area contributed by atoms with Crippen molar-refractivity contribution in [3.05, 3.63) is 47.5 Å². The van der Waals surface area contributed by atoms with E-state index in [1.807, 2.05) is 69.0 Å². The summed E-state index contributed by atoms with van der Waals surface area (Å²) in [5, 5.41) is 3.07. The number of hydrogen-bond acceptors (Lipinski definition) is 5. The zero-order chi connectivity index (χ0) is 22.9. The number of aryl methyl sites for hydroxylation is 1.